The van der Waals surface area contributed by atoms with Gasteiger partial charge in [-0.2, -0.15) is 0 Å². The Balaban J connectivity index is 1.94. The summed E-state index contributed by atoms with van der Waals surface area (Å²) in [6, 6.07) is 20.8. The highest BCUT2D eigenvalue weighted by Crippen LogP contribution is 2.46. The Labute approximate surface area is 186 Å². The highest BCUT2D eigenvalue weighted by Gasteiger charge is 2.57. The maximum Gasteiger partial charge on any atom is 0.332 e. The van der Waals surface area contributed by atoms with Gasteiger partial charge in [-0.25, -0.2) is 4.79 Å². The normalized spacial score (nSPS) is 21.4. The lowest BCUT2D eigenvalue weighted by atomic mass is 9.91. The van der Waals surface area contributed by atoms with Crippen LogP contribution in [0.4, 0.5) is 16.2 Å². The van der Waals surface area contributed by atoms with E-state index in [4.69, 9.17) is 23.2 Å². The van der Waals surface area contributed by atoms with Crippen LogP contribution in [0.1, 0.15) is 24.5 Å². The van der Waals surface area contributed by atoms with Gasteiger partial charge in [-0.3, -0.25) is 9.80 Å². The second-order valence-electron chi connectivity index (χ2n) is 7.46. The zero-order valence-corrected chi connectivity index (χ0v) is 18.2. The molecular formula is C24H22Cl2N2O2. The first-order valence-corrected chi connectivity index (χ1v) is 10.6. The number of amides is 2. The summed E-state index contributed by atoms with van der Waals surface area (Å²) in [4.78, 5) is 16.9. The molecule has 1 heterocycles. The van der Waals surface area contributed by atoms with E-state index >= 15 is 0 Å². The third kappa shape index (κ3) is 3.35. The maximum atomic E-state index is 13.7. The van der Waals surface area contributed by atoms with E-state index in [0.29, 0.717) is 33.4 Å². The van der Waals surface area contributed by atoms with E-state index in [1.807, 2.05) is 38.1 Å². The van der Waals surface area contributed by atoms with Crippen molar-refractivity contribution in [1.29, 1.82) is 0 Å². The van der Waals surface area contributed by atoms with Gasteiger partial charge in [0.05, 0.1) is 6.04 Å². The number of halogens is 2. The number of aryl methyl sites for hydroxylation is 1. The Bertz CT molecular complexity index is 1070. The van der Waals surface area contributed by atoms with Crippen LogP contribution >= 0.6 is 23.2 Å². The van der Waals surface area contributed by atoms with Crippen LogP contribution in [0.5, 0.6) is 0 Å². The zero-order chi connectivity index (χ0) is 21.5. The molecule has 0 spiro atoms. The quantitative estimate of drug-likeness (QED) is 0.511. The highest BCUT2D eigenvalue weighted by atomic mass is 35.5. The van der Waals surface area contributed by atoms with Gasteiger partial charge in [-0.15, -0.1) is 0 Å². The molecule has 0 saturated carbocycles. The van der Waals surface area contributed by atoms with E-state index in [1.165, 1.54) is 4.90 Å². The number of aliphatic hydroxyl groups is 1. The second-order valence-corrected chi connectivity index (χ2v) is 8.33. The van der Waals surface area contributed by atoms with Crippen molar-refractivity contribution in [3.8, 4) is 0 Å². The van der Waals surface area contributed by atoms with Gasteiger partial charge in [0.2, 0.25) is 0 Å². The molecule has 2 atom stereocenters. The molecule has 2 unspecified atom stereocenters. The number of carbonyl (C=O) groups excluding carboxylic acids is 1. The Morgan fingerprint density at radius 2 is 1.50 bits per heavy atom. The number of urea groups is 1. The first-order chi connectivity index (χ1) is 14.4. The maximum absolute atomic E-state index is 13.7. The highest BCUT2D eigenvalue weighted by molar-refractivity contribution is 6.31. The van der Waals surface area contributed by atoms with Gasteiger partial charge in [-0.1, -0.05) is 60.0 Å². The van der Waals surface area contributed by atoms with Crippen LogP contribution in [0.25, 0.3) is 0 Å². The molecule has 1 fully saturated rings. The number of rotatable bonds is 4. The van der Waals surface area contributed by atoms with Crippen LogP contribution in [0, 0.1) is 6.92 Å². The number of anilines is 2. The van der Waals surface area contributed by atoms with Crippen molar-refractivity contribution in [2.75, 3.05) is 9.80 Å². The number of hydrogen-bond acceptors (Lipinski definition) is 2. The minimum Gasteiger partial charge on any atom is -0.365 e. The average Bonchev–Trinajstić information content (AvgIpc) is 2.97. The fraction of sp³-hybridized carbons (Fsp3) is 0.208. The molecule has 1 aliphatic heterocycles. The van der Waals surface area contributed by atoms with E-state index in [1.54, 1.807) is 53.4 Å². The molecule has 6 heteroatoms. The number of nitrogens with zero attached hydrogens (tertiary/aromatic N) is 2. The minimum atomic E-state index is -1.56. The topological polar surface area (TPSA) is 43.8 Å². The van der Waals surface area contributed by atoms with Crippen molar-refractivity contribution in [1.82, 2.24) is 0 Å². The van der Waals surface area contributed by atoms with Gasteiger partial charge >= 0.3 is 6.03 Å². The third-order valence-electron chi connectivity index (χ3n) is 5.53. The first kappa shape index (κ1) is 20.7. The molecule has 4 rings (SSSR count). The number of carbonyl (C=O) groups is 1. The smallest absolute Gasteiger partial charge is 0.332 e. The summed E-state index contributed by atoms with van der Waals surface area (Å²) in [6.45, 7) is 3.93. The molecule has 1 N–H and O–H groups in total. The molecule has 0 radical (unpaired) electrons. The monoisotopic (exact) mass is 440 g/mol. The molecule has 2 amide bonds. The van der Waals surface area contributed by atoms with E-state index in [9.17, 15) is 9.90 Å². The standard InChI is InChI=1S/C24H22Cl2N2O2/c1-3-22-24(30,17-6-4-5-16(2)15-17)28(21-13-9-19(26)10-14-21)23(29)27(22)20-11-7-18(25)8-12-20/h4-15,22,30H,3H2,1-2H3. The van der Waals surface area contributed by atoms with Gasteiger partial charge in [-0.05, 0) is 61.9 Å². The average molecular weight is 441 g/mol. The predicted octanol–water partition coefficient (Wildman–Crippen LogP) is 6.37. The SMILES string of the molecule is CCC1N(c2ccc(Cl)cc2)C(=O)N(c2ccc(Cl)cc2)C1(O)c1cccc(C)c1. The van der Waals surface area contributed by atoms with Gasteiger partial charge < -0.3 is 5.11 Å². The molecule has 1 aliphatic rings. The second kappa shape index (κ2) is 7.95. The fourth-order valence-corrected chi connectivity index (χ4v) is 4.42. The van der Waals surface area contributed by atoms with Crippen LogP contribution < -0.4 is 9.80 Å². The van der Waals surface area contributed by atoms with Crippen molar-refractivity contribution in [2.45, 2.75) is 32.0 Å². The van der Waals surface area contributed by atoms with E-state index in [-0.39, 0.29) is 6.03 Å². The fourth-order valence-electron chi connectivity index (χ4n) is 4.17. The van der Waals surface area contributed by atoms with Crippen molar-refractivity contribution >= 4 is 40.6 Å². The molecule has 0 bridgehead atoms. The van der Waals surface area contributed by atoms with Gasteiger partial charge in [0.1, 0.15) is 0 Å². The lowest BCUT2D eigenvalue weighted by Gasteiger charge is -2.37. The summed E-state index contributed by atoms with van der Waals surface area (Å²) in [7, 11) is 0. The summed E-state index contributed by atoms with van der Waals surface area (Å²) < 4.78 is 0. The molecule has 0 aromatic heterocycles. The summed E-state index contributed by atoms with van der Waals surface area (Å²) in [5, 5.41) is 13.3. The summed E-state index contributed by atoms with van der Waals surface area (Å²) in [5.74, 6) is 0. The Kier molecular flexibility index (Phi) is 5.49. The van der Waals surface area contributed by atoms with E-state index in [0.717, 1.165) is 5.56 Å². The van der Waals surface area contributed by atoms with Crippen molar-refractivity contribution in [2.24, 2.45) is 0 Å². The molecular weight excluding hydrogens is 419 g/mol. The Morgan fingerprint density at radius 1 is 0.933 bits per heavy atom. The van der Waals surface area contributed by atoms with Crippen LogP contribution in [0.15, 0.2) is 72.8 Å². The molecule has 3 aromatic carbocycles. The summed E-state index contributed by atoms with van der Waals surface area (Å²) in [5.41, 5.74) is 1.35. The first-order valence-electron chi connectivity index (χ1n) is 9.80. The number of hydrogen-bond donors (Lipinski definition) is 1. The van der Waals surface area contributed by atoms with Crippen LogP contribution in [-0.4, -0.2) is 17.2 Å². The van der Waals surface area contributed by atoms with Crippen LogP contribution in [0.2, 0.25) is 10.0 Å². The lowest BCUT2D eigenvalue weighted by Crippen LogP contribution is -2.49. The largest absolute Gasteiger partial charge is 0.365 e. The van der Waals surface area contributed by atoms with Gasteiger partial charge in [0.15, 0.2) is 5.72 Å². The molecule has 4 nitrogen and oxygen atoms in total. The van der Waals surface area contributed by atoms with E-state index in [2.05, 4.69) is 0 Å². The molecule has 3 aromatic rings. The van der Waals surface area contributed by atoms with Crippen LogP contribution in [-0.2, 0) is 5.72 Å². The third-order valence-corrected chi connectivity index (χ3v) is 6.04. The Hall–Kier alpha value is -2.53. The van der Waals surface area contributed by atoms with Gasteiger partial charge in [0.25, 0.3) is 0 Å². The molecule has 0 aliphatic carbocycles. The lowest BCUT2D eigenvalue weighted by molar-refractivity contribution is 0.0306. The Morgan fingerprint density at radius 3 is 2.03 bits per heavy atom. The zero-order valence-electron chi connectivity index (χ0n) is 16.7. The minimum absolute atomic E-state index is 0.310. The van der Waals surface area contributed by atoms with Crippen molar-refractivity contribution < 1.29 is 9.90 Å². The number of benzene rings is 3. The summed E-state index contributed by atoms with van der Waals surface area (Å²) >= 11 is 12.1. The van der Waals surface area contributed by atoms with Gasteiger partial charge in [0, 0.05) is 27.0 Å². The predicted molar refractivity (Wildman–Crippen MR) is 122 cm³/mol. The molecule has 30 heavy (non-hydrogen) atoms. The van der Waals surface area contributed by atoms with E-state index < -0.39 is 11.8 Å². The van der Waals surface area contributed by atoms with Crippen molar-refractivity contribution in [3.05, 3.63) is 94.0 Å². The van der Waals surface area contributed by atoms with Crippen molar-refractivity contribution in [3.63, 3.8) is 0 Å². The molecule has 154 valence electrons. The summed E-state index contributed by atoms with van der Waals surface area (Å²) in [6.07, 6.45) is 0.545. The molecule has 1 saturated heterocycles. The van der Waals surface area contributed by atoms with Crippen LogP contribution in [0.3, 0.4) is 0 Å².